The SMILES string of the molecule is Cc1cc(C(NN)c2cnc(C(F)(F)F)s2)cc(C)n1. The van der Waals surface area contributed by atoms with Crippen molar-refractivity contribution in [3.8, 4) is 0 Å². The van der Waals surface area contributed by atoms with Crippen molar-refractivity contribution in [2.75, 3.05) is 0 Å². The molecule has 4 nitrogen and oxygen atoms in total. The highest BCUT2D eigenvalue weighted by atomic mass is 32.1. The van der Waals surface area contributed by atoms with Gasteiger partial charge in [-0.05, 0) is 31.5 Å². The Morgan fingerprint density at radius 3 is 2.30 bits per heavy atom. The number of halogens is 3. The van der Waals surface area contributed by atoms with Crippen LogP contribution in [0.25, 0.3) is 0 Å². The number of nitrogens with one attached hydrogen (secondary N) is 1. The summed E-state index contributed by atoms with van der Waals surface area (Å²) in [6, 6.07) is 3.03. The lowest BCUT2D eigenvalue weighted by atomic mass is 10.1. The van der Waals surface area contributed by atoms with E-state index in [1.54, 1.807) is 12.1 Å². The molecule has 0 aliphatic heterocycles. The molecule has 2 rings (SSSR count). The van der Waals surface area contributed by atoms with Gasteiger partial charge in [-0.15, -0.1) is 11.3 Å². The molecule has 0 aromatic carbocycles. The van der Waals surface area contributed by atoms with Crippen LogP contribution in [0, 0.1) is 13.8 Å². The van der Waals surface area contributed by atoms with Crippen LogP contribution in [0.4, 0.5) is 13.2 Å². The van der Waals surface area contributed by atoms with Crippen LogP contribution in [0.3, 0.4) is 0 Å². The second-order valence-electron chi connectivity index (χ2n) is 4.35. The van der Waals surface area contributed by atoms with Gasteiger partial charge in [0.25, 0.3) is 0 Å². The molecule has 0 radical (unpaired) electrons. The molecule has 8 heteroatoms. The zero-order chi connectivity index (χ0) is 14.9. The van der Waals surface area contributed by atoms with Crippen LogP contribution in [-0.2, 0) is 6.18 Å². The van der Waals surface area contributed by atoms with E-state index in [1.165, 1.54) is 6.20 Å². The van der Waals surface area contributed by atoms with Gasteiger partial charge in [-0.1, -0.05) is 0 Å². The second kappa shape index (κ2) is 5.47. The van der Waals surface area contributed by atoms with E-state index in [2.05, 4.69) is 15.4 Å². The summed E-state index contributed by atoms with van der Waals surface area (Å²) in [5.74, 6) is 5.48. The molecule has 0 saturated carbocycles. The van der Waals surface area contributed by atoms with E-state index in [1.807, 2.05) is 13.8 Å². The van der Waals surface area contributed by atoms with Gasteiger partial charge in [-0.3, -0.25) is 10.8 Å². The van der Waals surface area contributed by atoms with E-state index < -0.39 is 17.2 Å². The number of hydrogen-bond acceptors (Lipinski definition) is 5. The fraction of sp³-hybridized carbons (Fsp3) is 0.333. The van der Waals surface area contributed by atoms with E-state index in [9.17, 15) is 13.2 Å². The van der Waals surface area contributed by atoms with Crippen LogP contribution in [0.1, 0.15) is 32.9 Å². The summed E-state index contributed by atoms with van der Waals surface area (Å²) in [6.07, 6.45) is -3.24. The molecule has 0 fully saturated rings. The van der Waals surface area contributed by atoms with Crippen molar-refractivity contribution >= 4 is 11.3 Å². The predicted molar refractivity (Wildman–Crippen MR) is 70.0 cm³/mol. The van der Waals surface area contributed by atoms with Crippen molar-refractivity contribution in [1.29, 1.82) is 0 Å². The molecule has 0 aliphatic rings. The topological polar surface area (TPSA) is 63.8 Å². The lowest BCUT2D eigenvalue weighted by molar-refractivity contribution is -0.137. The Labute approximate surface area is 117 Å². The third-order valence-electron chi connectivity index (χ3n) is 2.65. The summed E-state index contributed by atoms with van der Waals surface area (Å²) < 4.78 is 37.8. The third-order valence-corrected chi connectivity index (χ3v) is 3.76. The zero-order valence-corrected chi connectivity index (χ0v) is 11.6. The normalized spacial score (nSPS) is 13.5. The Morgan fingerprint density at radius 1 is 1.25 bits per heavy atom. The molecule has 2 heterocycles. The van der Waals surface area contributed by atoms with Gasteiger partial charge in [0.1, 0.15) is 0 Å². The lowest BCUT2D eigenvalue weighted by Crippen LogP contribution is -2.28. The third kappa shape index (κ3) is 3.14. The molecule has 2 aromatic rings. The van der Waals surface area contributed by atoms with Crippen molar-refractivity contribution in [2.45, 2.75) is 26.1 Å². The highest BCUT2D eigenvalue weighted by molar-refractivity contribution is 7.11. The smallest absolute Gasteiger partial charge is 0.271 e. The highest BCUT2D eigenvalue weighted by Gasteiger charge is 2.35. The summed E-state index contributed by atoms with van der Waals surface area (Å²) >= 11 is 0.580. The molecule has 2 aromatic heterocycles. The highest BCUT2D eigenvalue weighted by Crippen LogP contribution is 2.35. The van der Waals surface area contributed by atoms with E-state index >= 15 is 0 Å². The molecule has 0 bridgehead atoms. The largest absolute Gasteiger partial charge is 0.443 e. The fourth-order valence-corrected chi connectivity index (χ4v) is 2.80. The number of hydrazine groups is 1. The van der Waals surface area contributed by atoms with Crippen LogP contribution >= 0.6 is 11.3 Å². The first-order valence-electron chi connectivity index (χ1n) is 5.75. The molecule has 0 amide bonds. The quantitative estimate of drug-likeness (QED) is 0.676. The standard InChI is InChI=1S/C12H13F3N4S/c1-6-3-8(4-7(2)18-6)10(19-16)9-5-17-11(20-9)12(13,14)15/h3-5,10,19H,16H2,1-2H3. The number of nitrogens with two attached hydrogens (primary N) is 1. The Hall–Kier alpha value is -1.51. The number of thiazole rings is 1. The minimum absolute atomic E-state index is 0.407. The molecule has 0 aliphatic carbocycles. The van der Waals surface area contributed by atoms with E-state index in [0.717, 1.165) is 17.0 Å². The Bertz CT molecular complexity index is 589. The average molecular weight is 302 g/mol. The van der Waals surface area contributed by atoms with Gasteiger partial charge in [0, 0.05) is 22.5 Å². The lowest BCUT2D eigenvalue weighted by Gasteiger charge is -2.15. The number of nitrogens with zero attached hydrogens (tertiary/aromatic N) is 2. The fourth-order valence-electron chi connectivity index (χ4n) is 1.93. The van der Waals surface area contributed by atoms with Crippen molar-refractivity contribution in [1.82, 2.24) is 15.4 Å². The van der Waals surface area contributed by atoms with Crippen molar-refractivity contribution in [2.24, 2.45) is 5.84 Å². The maximum Gasteiger partial charge on any atom is 0.443 e. The second-order valence-corrected chi connectivity index (χ2v) is 5.41. The van der Waals surface area contributed by atoms with Gasteiger partial charge in [0.2, 0.25) is 0 Å². The molecule has 108 valence electrons. The number of aryl methyl sites for hydroxylation is 2. The minimum Gasteiger partial charge on any atom is -0.271 e. The molecular formula is C12H13F3N4S. The van der Waals surface area contributed by atoms with Crippen LogP contribution in [0.2, 0.25) is 0 Å². The summed E-state index contributed by atoms with van der Waals surface area (Å²) in [5.41, 5.74) is 4.85. The van der Waals surface area contributed by atoms with Crippen molar-refractivity contribution in [3.05, 3.63) is 45.2 Å². The van der Waals surface area contributed by atoms with Crippen molar-refractivity contribution < 1.29 is 13.2 Å². The van der Waals surface area contributed by atoms with Crippen LogP contribution in [0.15, 0.2) is 18.3 Å². The van der Waals surface area contributed by atoms with Crippen molar-refractivity contribution in [3.63, 3.8) is 0 Å². The minimum atomic E-state index is -4.44. The monoisotopic (exact) mass is 302 g/mol. The van der Waals surface area contributed by atoms with Gasteiger partial charge < -0.3 is 0 Å². The zero-order valence-electron chi connectivity index (χ0n) is 10.8. The molecule has 20 heavy (non-hydrogen) atoms. The number of hydrogen-bond donors (Lipinski definition) is 2. The van der Waals surface area contributed by atoms with E-state index in [4.69, 9.17) is 5.84 Å². The number of aromatic nitrogens is 2. The Balaban J connectivity index is 2.39. The van der Waals surface area contributed by atoms with Gasteiger partial charge in [0.05, 0.1) is 6.04 Å². The first kappa shape index (κ1) is 14.9. The summed E-state index contributed by atoms with van der Waals surface area (Å²) in [6.45, 7) is 3.63. The van der Waals surface area contributed by atoms with E-state index in [-0.39, 0.29) is 0 Å². The van der Waals surface area contributed by atoms with E-state index in [0.29, 0.717) is 16.2 Å². The molecule has 1 unspecified atom stereocenters. The van der Waals surface area contributed by atoms with Crippen LogP contribution < -0.4 is 11.3 Å². The molecule has 0 saturated heterocycles. The van der Waals surface area contributed by atoms with Crippen LogP contribution in [0.5, 0.6) is 0 Å². The van der Waals surface area contributed by atoms with Gasteiger partial charge in [-0.25, -0.2) is 10.4 Å². The average Bonchev–Trinajstić information content (AvgIpc) is 2.77. The van der Waals surface area contributed by atoms with Gasteiger partial charge in [-0.2, -0.15) is 13.2 Å². The molecule has 3 N–H and O–H groups in total. The number of rotatable bonds is 3. The Morgan fingerprint density at radius 2 is 1.85 bits per heavy atom. The number of alkyl halides is 3. The first-order chi connectivity index (χ1) is 9.31. The van der Waals surface area contributed by atoms with Gasteiger partial charge in [0.15, 0.2) is 5.01 Å². The maximum absolute atomic E-state index is 12.6. The summed E-state index contributed by atoms with van der Waals surface area (Å²) in [4.78, 5) is 8.04. The molecule has 1 atom stereocenters. The molecule has 0 spiro atoms. The Kier molecular flexibility index (Phi) is 4.07. The van der Waals surface area contributed by atoms with Crippen LogP contribution in [-0.4, -0.2) is 9.97 Å². The first-order valence-corrected chi connectivity index (χ1v) is 6.57. The summed E-state index contributed by atoms with van der Waals surface area (Å²) in [7, 11) is 0. The number of pyridine rings is 1. The molecular weight excluding hydrogens is 289 g/mol. The predicted octanol–water partition coefficient (Wildman–Crippen LogP) is 2.73. The van der Waals surface area contributed by atoms with Gasteiger partial charge >= 0.3 is 6.18 Å². The summed E-state index contributed by atoms with van der Waals surface area (Å²) in [5, 5.41) is -0.879. The maximum atomic E-state index is 12.6.